The molecule has 0 N–H and O–H groups in total. The van der Waals surface area contributed by atoms with Crippen molar-refractivity contribution in [3.8, 4) is 5.75 Å². The first-order chi connectivity index (χ1) is 9.60. The van der Waals surface area contributed by atoms with Crippen molar-refractivity contribution in [1.82, 2.24) is 0 Å². The molecule has 22 heavy (non-hydrogen) atoms. The Kier molecular flexibility index (Phi) is 4.81. The number of hydrogen-bond donors (Lipinski definition) is 0. The van der Waals surface area contributed by atoms with Crippen LogP contribution in [-0.2, 0) is 4.74 Å². The van der Waals surface area contributed by atoms with E-state index in [4.69, 9.17) is 9.47 Å². The number of likely N-dealkylation sites (N-methyl/N-ethyl adjacent to an activating group) is 1. The van der Waals surface area contributed by atoms with Crippen molar-refractivity contribution >= 4 is 19.5 Å². The fourth-order valence-electron chi connectivity index (χ4n) is 2.06. The van der Waals surface area contributed by atoms with Crippen LogP contribution in [0.1, 0.15) is 11.8 Å². The van der Waals surface area contributed by atoms with Gasteiger partial charge < -0.3 is 9.47 Å². The molecule has 0 amide bonds. The van der Waals surface area contributed by atoms with Gasteiger partial charge in [0.05, 0.1) is 26.8 Å². The van der Waals surface area contributed by atoms with Crippen molar-refractivity contribution in [1.29, 1.82) is 0 Å². The molecule has 3 nitrogen and oxygen atoms in total. The molecule has 1 heterocycles. The summed E-state index contributed by atoms with van der Waals surface area (Å²) < 4.78 is 71.6. The van der Waals surface area contributed by atoms with E-state index in [9.17, 15) is 16.9 Å². The fourth-order valence-corrected chi connectivity index (χ4v) is 2.06. The first-order valence-corrected chi connectivity index (χ1v) is 12.0. The quantitative estimate of drug-likeness (QED) is 0.391. The summed E-state index contributed by atoms with van der Waals surface area (Å²) in [5, 5.41) is 0. The van der Waals surface area contributed by atoms with Gasteiger partial charge in [-0.2, -0.15) is 0 Å². The first kappa shape index (κ1) is 19.4. The summed E-state index contributed by atoms with van der Waals surface area (Å²) in [6, 6.07) is 8.07. The summed E-state index contributed by atoms with van der Waals surface area (Å²) in [6.07, 6.45) is 0.0983. The molecular formula is C12H18F6NO2Sb. The normalized spacial score (nSPS) is 23.8. The zero-order valence-electron chi connectivity index (χ0n) is 12.3. The molecule has 1 aliphatic rings. The monoisotopic (exact) mass is 443 g/mol. The van der Waals surface area contributed by atoms with Crippen LogP contribution >= 0.6 is 0 Å². The molecule has 1 aromatic carbocycles. The molecule has 0 aliphatic carbocycles. The third-order valence-corrected chi connectivity index (χ3v) is 2.98. The van der Waals surface area contributed by atoms with Gasteiger partial charge in [-0.15, -0.1) is 0 Å². The second-order valence-corrected chi connectivity index (χ2v) is 10.9. The van der Waals surface area contributed by atoms with Crippen LogP contribution in [0, 0.1) is 0 Å². The molecule has 1 unspecified atom stereocenters. The standard InChI is InChI=1S/C12H18NO2.6FH.Sb/c1-13(2)8-9-15-12(13)10-6-4-5-7-11(10)14-3;;;;;;;/h4-7,12H,8-9H2,1-3H3;6*1H;/q+1;;;;;;;+5/p-6. The van der Waals surface area contributed by atoms with Crippen LogP contribution < -0.4 is 4.74 Å². The fraction of sp³-hybridized carbons (Fsp3) is 0.500. The van der Waals surface area contributed by atoms with Crippen LogP contribution in [0.25, 0.3) is 0 Å². The number of nitrogens with zero attached hydrogens (tertiary/aromatic N) is 1. The average molecular weight is 444 g/mol. The maximum atomic E-state index is 9.93. The van der Waals surface area contributed by atoms with Crippen molar-refractivity contribution in [2.24, 2.45) is 0 Å². The average Bonchev–Trinajstić information content (AvgIpc) is 2.64. The second-order valence-electron chi connectivity index (χ2n) is 5.43. The number of quaternary nitrogens is 1. The van der Waals surface area contributed by atoms with Gasteiger partial charge in [0.15, 0.2) is 0 Å². The van der Waals surface area contributed by atoms with Crippen molar-refractivity contribution in [3.63, 3.8) is 0 Å². The van der Waals surface area contributed by atoms with E-state index in [-0.39, 0.29) is 6.23 Å². The number of hydrogen-bond acceptors (Lipinski definition) is 2. The molecular weight excluding hydrogens is 426 g/mol. The Balaban J connectivity index is 0.000000295. The number of methoxy groups -OCH3 is 1. The number of ether oxygens (including phenoxy) is 2. The predicted molar refractivity (Wildman–Crippen MR) is 71.1 cm³/mol. The molecule has 1 saturated heterocycles. The van der Waals surface area contributed by atoms with E-state index >= 15 is 0 Å². The summed E-state index contributed by atoms with van der Waals surface area (Å²) in [7, 11) is 6.07. The van der Waals surface area contributed by atoms with Crippen LogP contribution in [-0.4, -0.2) is 58.3 Å². The number of halogens is 6. The van der Waals surface area contributed by atoms with Gasteiger partial charge in [0.1, 0.15) is 18.9 Å². The third kappa shape index (κ3) is 7.56. The van der Waals surface area contributed by atoms with Gasteiger partial charge in [-0.1, -0.05) is 12.1 Å². The number of para-hydroxylation sites is 1. The molecule has 130 valence electrons. The summed E-state index contributed by atoms with van der Waals surface area (Å²) in [6.45, 7) is 1.86. The van der Waals surface area contributed by atoms with Crippen LogP contribution in [0.5, 0.6) is 5.75 Å². The van der Waals surface area contributed by atoms with Crippen molar-refractivity contribution in [2.75, 3.05) is 34.4 Å². The van der Waals surface area contributed by atoms with E-state index < -0.39 is 19.5 Å². The molecule has 0 radical (unpaired) electrons. The molecule has 1 aliphatic heterocycles. The Morgan fingerprint density at radius 2 is 1.59 bits per heavy atom. The van der Waals surface area contributed by atoms with E-state index in [1.165, 1.54) is 0 Å². The molecule has 1 atom stereocenters. The van der Waals surface area contributed by atoms with Crippen LogP contribution in [0.15, 0.2) is 24.3 Å². The molecule has 10 heteroatoms. The van der Waals surface area contributed by atoms with Crippen LogP contribution in [0.2, 0.25) is 0 Å². The van der Waals surface area contributed by atoms with Gasteiger partial charge in [-0.3, -0.25) is 4.48 Å². The molecule has 1 fully saturated rings. The van der Waals surface area contributed by atoms with Gasteiger partial charge in [0.2, 0.25) is 6.23 Å². The summed E-state index contributed by atoms with van der Waals surface area (Å²) in [4.78, 5) is 0. The Morgan fingerprint density at radius 1 is 1.09 bits per heavy atom. The molecule has 1 aromatic rings. The SMILES string of the molecule is COc1ccccc1C1OCC[N+]1(C)C.[F][Sb-]([F])([F])([F])([F])[F]. The van der Waals surface area contributed by atoms with E-state index in [0.717, 1.165) is 28.9 Å². The minimum absolute atomic E-state index is 0.0983. The number of rotatable bonds is 2. The van der Waals surface area contributed by atoms with Crippen LogP contribution in [0.3, 0.4) is 0 Å². The molecule has 0 bridgehead atoms. The first-order valence-electron chi connectivity index (χ1n) is 6.24. The Hall–Kier alpha value is -0.662. The van der Waals surface area contributed by atoms with Crippen molar-refractivity contribution in [3.05, 3.63) is 29.8 Å². The van der Waals surface area contributed by atoms with E-state index in [1.54, 1.807) is 7.11 Å². The van der Waals surface area contributed by atoms with Crippen LogP contribution in [0.4, 0.5) is 16.9 Å². The molecule has 0 spiro atoms. The number of benzene rings is 1. The van der Waals surface area contributed by atoms with Gasteiger partial charge in [0.25, 0.3) is 0 Å². The Morgan fingerprint density at radius 3 is 2.00 bits per heavy atom. The van der Waals surface area contributed by atoms with E-state index in [1.807, 2.05) is 18.2 Å². The Bertz CT molecular complexity index is 520. The summed E-state index contributed by atoms with van der Waals surface area (Å²) in [5.74, 6) is 0.913. The van der Waals surface area contributed by atoms with Gasteiger partial charge >= 0.3 is 36.4 Å². The van der Waals surface area contributed by atoms with Crippen molar-refractivity contribution in [2.45, 2.75) is 6.23 Å². The molecule has 0 saturated carbocycles. The molecule has 0 aromatic heterocycles. The summed E-state index contributed by atoms with van der Waals surface area (Å²) in [5.41, 5.74) is 1.14. The maximum absolute atomic E-state index is 11.2. The van der Waals surface area contributed by atoms with Gasteiger partial charge in [0, 0.05) is 0 Å². The predicted octanol–water partition coefficient (Wildman–Crippen LogP) is 3.94. The zero-order valence-corrected chi connectivity index (χ0v) is 14.8. The van der Waals surface area contributed by atoms with Crippen molar-refractivity contribution < 1.29 is 30.8 Å². The summed E-state index contributed by atoms with van der Waals surface area (Å²) >= 11 is -11.2. The minimum atomic E-state index is -11.2. The van der Waals surface area contributed by atoms with E-state index in [2.05, 4.69) is 20.2 Å². The van der Waals surface area contributed by atoms with Gasteiger partial charge in [-0.25, -0.2) is 0 Å². The molecule has 2 rings (SSSR count). The Labute approximate surface area is 126 Å². The topological polar surface area (TPSA) is 18.5 Å². The second kappa shape index (κ2) is 5.46. The zero-order chi connectivity index (χ0) is 17.3. The van der Waals surface area contributed by atoms with Gasteiger partial charge in [-0.05, 0) is 12.1 Å². The van der Waals surface area contributed by atoms with E-state index in [0.29, 0.717) is 0 Å². The third-order valence-electron chi connectivity index (χ3n) is 2.98.